The predicted octanol–water partition coefficient (Wildman–Crippen LogP) is 4.61. The van der Waals surface area contributed by atoms with Crippen molar-refractivity contribution in [3.05, 3.63) is 0 Å². The van der Waals surface area contributed by atoms with E-state index in [2.05, 4.69) is 13.8 Å². The zero-order valence-corrected chi connectivity index (χ0v) is 10.8. The minimum atomic E-state index is -2.49. The van der Waals surface area contributed by atoms with E-state index < -0.39 is 6.00 Å². The third kappa shape index (κ3) is 2.31. The van der Waals surface area contributed by atoms with Crippen LogP contribution in [0.3, 0.4) is 0 Å². The second kappa shape index (κ2) is 3.68. The first-order chi connectivity index (χ1) is 5.35. The molecule has 0 aromatic carbocycles. The van der Waals surface area contributed by atoms with E-state index in [0.717, 1.165) is 18.8 Å². The predicted molar refractivity (Wildman–Crippen MR) is 59.3 cm³/mol. The molecule has 0 saturated heterocycles. The number of halogens is 3. The summed E-state index contributed by atoms with van der Waals surface area (Å²) in [7, 11) is 0. The Kier molecular flexibility index (Phi) is 3.43. The number of hydrogen-bond acceptors (Lipinski definition) is 0. The monoisotopic (exact) mass is 244 g/mol. The molecule has 0 radical (unpaired) electrons. The third-order valence-corrected chi connectivity index (χ3v) is 9.04. The van der Waals surface area contributed by atoms with Crippen LogP contribution in [0.2, 0.25) is 5.04 Å². The van der Waals surface area contributed by atoms with Crippen LogP contribution in [0.25, 0.3) is 0 Å². The summed E-state index contributed by atoms with van der Waals surface area (Å²) in [6.45, 7) is 4.41. The van der Waals surface area contributed by atoms with Crippen molar-refractivity contribution in [2.75, 3.05) is 0 Å². The second-order valence-corrected chi connectivity index (χ2v) is 13.3. The van der Waals surface area contributed by atoms with Gasteiger partial charge in [-0.05, 0) is 18.8 Å². The van der Waals surface area contributed by atoms with Crippen LogP contribution in [0.1, 0.15) is 39.5 Å². The molecule has 1 fully saturated rings. The van der Waals surface area contributed by atoms with Crippen LogP contribution in [0, 0.1) is 5.92 Å². The lowest BCUT2D eigenvalue weighted by Gasteiger charge is -2.39. The Morgan fingerprint density at radius 2 is 1.58 bits per heavy atom. The van der Waals surface area contributed by atoms with Gasteiger partial charge in [-0.15, -0.1) is 33.2 Å². The molecule has 1 rings (SSSR count). The Morgan fingerprint density at radius 3 is 1.92 bits per heavy atom. The van der Waals surface area contributed by atoms with Crippen LogP contribution >= 0.6 is 33.2 Å². The highest BCUT2D eigenvalue weighted by Crippen LogP contribution is 2.56. The first-order valence-corrected chi connectivity index (χ1v) is 9.45. The minimum Gasteiger partial charge on any atom is -0.125 e. The summed E-state index contributed by atoms with van der Waals surface area (Å²) in [4.78, 5) is 0. The summed E-state index contributed by atoms with van der Waals surface area (Å²) >= 11 is 18.2. The lowest BCUT2D eigenvalue weighted by molar-refractivity contribution is 0.318. The third-order valence-electron chi connectivity index (χ3n) is 3.06. The smallest absolute Gasteiger partial charge is 0.125 e. The highest BCUT2D eigenvalue weighted by atomic mass is 35.8. The van der Waals surface area contributed by atoms with E-state index in [0.29, 0.717) is 0 Å². The van der Waals surface area contributed by atoms with Gasteiger partial charge in [-0.25, -0.2) is 0 Å². The molecule has 1 aliphatic carbocycles. The fourth-order valence-electron chi connectivity index (χ4n) is 1.68. The average molecular weight is 246 g/mol. The molecule has 12 heavy (non-hydrogen) atoms. The minimum absolute atomic E-state index is 0.0319. The summed E-state index contributed by atoms with van der Waals surface area (Å²) in [5.41, 5.74) is 0. The molecule has 4 heteroatoms. The molecule has 0 nitrogen and oxygen atoms in total. The van der Waals surface area contributed by atoms with Crippen LogP contribution in [-0.2, 0) is 0 Å². The van der Waals surface area contributed by atoms with Crippen molar-refractivity contribution in [3.8, 4) is 0 Å². The van der Waals surface area contributed by atoms with Crippen LogP contribution in [0.4, 0.5) is 0 Å². The van der Waals surface area contributed by atoms with Crippen molar-refractivity contribution in [1.82, 2.24) is 0 Å². The molecule has 0 heterocycles. The maximum Gasteiger partial charge on any atom is 0.346 e. The van der Waals surface area contributed by atoms with Gasteiger partial charge in [0.25, 0.3) is 0 Å². The Hall–Kier alpha value is 1.09. The van der Waals surface area contributed by atoms with E-state index in [-0.39, 0.29) is 5.04 Å². The molecule has 0 aliphatic heterocycles. The van der Waals surface area contributed by atoms with Crippen molar-refractivity contribution >= 4 is 39.2 Å². The molecule has 72 valence electrons. The molecule has 0 spiro atoms. The summed E-state index contributed by atoms with van der Waals surface area (Å²) in [6.07, 6.45) is 4.63. The maximum absolute atomic E-state index is 6.07. The number of hydrogen-bond donors (Lipinski definition) is 0. The molecule has 0 bridgehead atoms. The van der Waals surface area contributed by atoms with Crippen LogP contribution in [0.5, 0.6) is 0 Å². The summed E-state index contributed by atoms with van der Waals surface area (Å²) in [5, 5.41) is 0.0319. The number of rotatable bonds is 1. The van der Waals surface area contributed by atoms with E-state index in [1.807, 2.05) is 0 Å². The standard InChI is InChI=1S/C8H15Cl3Si/c1-7-3-5-8(2,6-4-7)12(9,10)11/h7H,3-6H2,1-2H3. The lowest BCUT2D eigenvalue weighted by atomic mass is 9.83. The molecule has 0 atom stereocenters. The van der Waals surface area contributed by atoms with Gasteiger partial charge in [0.1, 0.15) is 0 Å². The fourth-order valence-corrected chi connectivity index (χ4v) is 4.24. The normalized spacial score (nSPS) is 38.2. The van der Waals surface area contributed by atoms with Crippen LogP contribution in [-0.4, -0.2) is 6.00 Å². The summed E-state index contributed by atoms with van der Waals surface area (Å²) < 4.78 is 0. The van der Waals surface area contributed by atoms with Gasteiger partial charge in [0, 0.05) is 5.04 Å². The molecule has 1 saturated carbocycles. The molecular formula is C8H15Cl3Si. The van der Waals surface area contributed by atoms with Gasteiger partial charge in [-0.2, -0.15) is 0 Å². The molecule has 0 N–H and O–H groups in total. The van der Waals surface area contributed by atoms with Gasteiger partial charge in [0.2, 0.25) is 0 Å². The maximum atomic E-state index is 6.07. The van der Waals surface area contributed by atoms with Gasteiger partial charge >= 0.3 is 6.00 Å². The summed E-state index contributed by atoms with van der Waals surface area (Å²) in [6, 6.07) is -2.49. The van der Waals surface area contributed by atoms with Crippen molar-refractivity contribution < 1.29 is 0 Å². The second-order valence-electron chi connectivity index (χ2n) is 4.24. The zero-order valence-electron chi connectivity index (χ0n) is 7.54. The Labute approximate surface area is 89.7 Å². The van der Waals surface area contributed by atoms with Crippen molar-refractivity contribution in [1.29, 1.82) is 0 Å². The molecule has 0 unspecified atom stereocenters. The first kappa shape index (κ1) is 11.2. The largest absolute Gasteiger partial charge is 0.346 e. The van der Waals surface area contributed by atoms with Gasteiger partial charge in [0.05, 0.1) is 0 Å². The topological polar surface area (TPSA) is 0 Å². The van der Waals surface area contributed by atoms with Crippen LogP contribution < -0.4 is 0 Å². The molecule has 0 aromatic rings. The SMILES string of the molecule is CC1CCC(C)([Si](Cl)(Cl)Cl)CC1. The first-order valence-electron chi connectivity index (χ1n) is 4.42. The average Bonchev–Trinajstić information content (AvgIpc) is 1.93. The Morgan fingerprint density at radius 1 is 1.17 bits per heavy atom. The zero-order chi connectivity index (χ0) is 9.41. The highest BCUT2D eigenvalue weighted by Gasteiger charge is 2.48. The van der Waals surface area contributed by atoms with Crippen molar-refractivity contribution in [3.63, 3.8) is 0 Å². The van der Waals surface area contributed by atoms with E-state index in [1.165, 1.54) is 12.8 Å². The van der Waals surface area contributed by atoms with E-state index >= 15 is 0 Å². The van der Waals surface area contributed by atoms with Crippen molar-refractivity contribution in [2.45, 2.75) is 44.6 Å². The molecule has 0 aromatic heterocycles. The molecule has 0 amide bonds. The Balaban J connectivity index is 2.62. The van der Waals surface area contributed by atoms with Gasteiger partial charge in [-0.3, -0.25) is 0 Å². The van der Waals surface area contributed by atoms with E-state index in [4.69, 9.17) is 33.2 Å². The van der Waals surface area contributed by atoms with E-state index in [9.17, 15) is 0 Å². The molecule has 1 aliphatic rings. The van der Waals surface area contributed by atoms with Crippen LogP contribution in [0.15, 0.2) is 0 Å². The Bertz CT molecular complexity index is 156. The van der Waals surface area contributed by atoms with Gasteiger partial charge < -0.3 is 0 Å². The van der Waals surface area contributed by atoms with Gasteiger partial charge in [0.15, 0.2) is 0 Å². The fraction of sp³-hybridized carbons (Fsp3) is 1.00. The lowest BCUT2D eigenvalue weighted by Crippen LogP contribution is -2.34. The highest BCUT2D eigenvalue weighted by molar-refractivity contribution is 7.65. The van der Waals surface area contributed by atoms with Crippen molar-refractivity contribution in [2.24, 2.45) is 5.92 Å². The summed E-state index contributed by atoms with van der Waals surface area (Å²) in [5.74, 6) is 0.819. The van der Waals surface area contributed by atoms with E-state index in [1.54, 1.807) is 0 Å². The van der Waals surface area contributed by atoms with Gasteiger partial charge in [-0.1, -0.05) is 26.7 Å². The quantitative estimate of drug-likeness (QED) is 0.467. The molecular weight excluding hydrogens is 231 g/mol.